The first-order valence-corrected chi connectivity index (χ1v) is 19.7. The van der Waals surface area contributed by atoms with Crippen LogP contribution in [0.25, 0.3) is 44.2 Å². The molecule has 1 aliphatic heterocycles. The maximum absolute atomic E-state index is 2.50. The zero-order valence-electron chi connectivity index (χ0n) is 30.1. The van der Waals surface area contributed by atoms with Crippen molar-refractivity contribution in [2.24, 2.45) is 0 Å². The molecule has 0 bridgehead atoms. The molecule has 0 fully saturated rings. The molecule has 0 N–H and O–H groups in total. The fourth-order valence-electron chi connectivity index (χ4n) is 9.20. The summed E-state index contributed by atoms with van der Waals surface area (Å²) in [6, 6.07) is 78.3. The van der Waals surface area contributed by atoms with Crippen LogP contribution in [0.2, 0.25) is 0 Å². The summed E-state index contributed by atoms with van der Waals surface area (Å²) in [5.41, 5.74) is 15.6. The molecule has 2 heteroatoms. The Morgan fingerprint density at radius 2 is 0.964 bits per heavy atom. The molecule has 0 amide bonds. The molecule has 1 atom stereocenters. The summed E-state index contributed by atoms with van der Waals surface area (Å²) in [5.74, 6) is 0. The smallest absolute Gasteiger partial charge is 0.0742 e. The number of para-hydroxylation sites is 1. The monoisotopic (exact) mass is 717 g/mol. The Morgan fingerprint density at radius 3 is 1.78 bits per heavy atom. The summed E-state index contributed by atoms with van der Waals surface area (Å²) < 4.78 is 0. The minimum absolute atomic E-state index is 0.512. The lowest BCUT2D eigenvalue weighted by molar-refractivity contribution is 0.730. The van der Waals surface area contributed by atoms with Gasteiger partial charge in [0.15, 0.2) is 0 Å². The molecule has 0 aromatic heterocycles. The first kappa shape index (κ1) is 31.9. The van der Waals surface area contributed by atoms with E-state index < -0.39 is 5.41 Å². The molecule has 1 spiro atoms. The van der Waals surface area contributed by atoms with Crippen molar-refractivity contribution in [3.8, 4) is 33.4 Å². The van der Waals surface area contributed by atoms with E-state index in [9.17, 15) is 0 Å². The highest BCUT2D eigenvalue weighted by Gasteiger charge is 2.51. The second kappa shape index (κ2) is 12.8. The molecular formula is C53H35NS. The van der Waals surface area contributed by atoms with Crippen LogP contribution in [-0.4, -0.2) is 0 Å². The van der Waals surface area contributed by atoms with E-state index in [0.29, 0.717) is 0 Å². The third-order valence-electron chi connectivity index (χ3n) is 11.5. The lowest BCUT2D eigenvalue weighted by Crippen LogP contribution is -2.32. The third-order valence-corrected chi connectivity index (χ3v) is 12.7. The number of fused-ring (bicyclic) bond motifs is 11. The molecular weight excluding hydrogens is 683 g/mol. The van der Waals surface area contributed by atoms with Crippen molar-refractivity contribution in [3.05, 3.63) is 235 Å². The second-order valence-electron chi connectivity index (χ2n) is 14.4. The van der Waals surface area contributed by atoms with Crippen molar-refractivity contribution in [3.63, 3.8) is 0 Å². The standard InChI is InChI=1S/C53H35NS/c1-3-15-36(16-4-1)37-27-30-40(31-28-37)54(49-25-13-10-20-42(49)38-17-5-2-6-18-38)41-32-33-45-44-22-9-11-23-46(44)53(48(45)35-41)47-24-12-14-26-50(47)55-51-34-29-39-19-7-8-21-43(39)52(51)53/h1-35H. The Hall–Kier alpha value is -6.61. The fourth-order valence-corrected chi connectivity index (χ4v) is 10.4. The van der Waals surface area contributed by atoms with Gasteiger partial charge in [0, 0.05) is 26.7 Å². The first-order valence-electron chi connectivity index (χ1n) is 18.9. The lowest BCUT2D eigenvalue weighted by atomic mass is 9.66. The van der Waals surface area contributed by atoms with Crippen LogP contribution in [0.4, 0.5) is 17.1 Å². The van der Waals surface area contributed by atoms with E-state index >= 15 is 0 Å². The molecule has 0 saturated carbocycles. The molecule has 2 aliphatic rings. The minimum atomic E-state index is -0.512. The SMILES string of the molecule is c1ccc(-c2ccc(N(c3ccc4c(c3)C3(c5ccccc5Sc5ccc6ccccc6c53)c3ccccc3-4)c3ccccc3-c3ccccc3)cc2)cc1. The van der Waals surface area contributed by atoms with Gasteiger partial charge in [-0.05, 0) is 103 Å². The maximum Gasteiger partial charge on any atom is 0.0742 e. The highest BCUT2D eigenvalue weighted by Crippen LogP contribution is 2.64. The molecule has 11 rings (SSSR count). The molecule has 9 aromatic carbocycles. The average molecular weight is 718 g/mol. The van der Waals surface area contributed by atoms with Crippen molar-refractivity contribution in [1.82, 2.24) is 0 Å². The number of hydrogen-bond acceptors (Lipinski definition) is 2. The molecule has 1 nitrogen and oxygen atoms in total. The molecule has 1 heterocycles. The Morgan fingerprint density at radius 1 is 0.364 bits per heavy atom. The normalized spacial score (nSPS) is 14.9. The van der Waals surface area contributed by atoms with E-state index in [1.165, 1.54) is 76.2 Å². The second-order valence-corrected chi connectivity index (χ2v) is 15.5. The van der Waals surface area contributed by atoms with Crippen LogP contribution in [0.15, 0.2) is 222 Å². The largest absolute Gasteiger partial charge is 0.310 e. The van der Waals surface area contributed by atoms with Crippen molar-refractivity contribution < 1.29 is 0 Å². The fraction of sp³-hybridized carbons (Fsp3) is 0.0189. The number of nitrogens with zero attached hydrogens (tertiary/aromatic N) is 1. The topological polar surface area (TPSA) is 3.24 Å². The number of hydrogen-bond donors (Lipinski definition) is 0. The van der Waals surface area contributed by atoms with Gasteiger partial charge >= 0.3 is 0 Å². The Balaban J connectivity index is 1.21. The van der Waals surface area contributed by atoms with Crippen molar-refractivity contribution in [2.45, 2.75) is 15.2 Å². The Labute approximate surface area is 326 Å². The van der Waals surface area contributed by atoms with E-state index in [-0.39, 0.29) is 0 Å². The summed E-state index contributed by atoms with van der Waals surface area (Å²) in [5, 5.41) is 2.57. The zero-order chi connectivity index (χ0) is 36.3. The van der Waals surface area contributed by atoms with Gasteiger partial charge in [-0.1, -0.05) is 182 Å². The van der Waals surface area contributed by atoms with E-state index in [2.05, 4.69) is 217 Å². The van der Waals surface area contributed by atoms with Gasteiger partial charge in [-0.25, -0.2) is 0 Å². The van der Waals surface area contributed by atoms with E-state index in [0.717, 1.165) is 17.1 Å². The van der Waals surface area contributed by atoms with Gasteiger partial charge in [0.05, 0.1) is 11.1 Å². The predicted molar refractivity (Wildman–Crippen MR) is 231 cm³/mol. The van der Waals surface area contributed by atoms with Gasteiger partial charge in [0.2, 0.25) is 0 Å². The van der Waals surface area contributed by atoms with Gasteiger partial charge in [0.1, 0.15) is 0 Å². The van der Waals surface area contributed by atoms with Crippen molar-refractivity contribution in [1.29, 1.82) is 0 Å². The van der Waals surface area contributed by atoms with E-state index in [1.807, 2.05) is 11.8 Å². The van der Waals surface area contributed by atoms with Gasteiger partial charge in [-0.2, -0.15) is 0 Å². The summed E-state index contributed by atoms with van der Waals surface area (Å²) in [4.78, 5) is 5.08. The lowest BCUT2D eigenvalue weighted by Gasteiger charge is -2.41. The summed E-state index contributed by atoms with van der Waals surface area (Å²) in [7, 11) is 0. The minimum Gasteiger partial charge on any atom is -0.310 e. The number of benzene rings is 9. The zero-order valence-corrected chi connectivity index (χ0v) is 30.9. The predicted octanol–water partition coefficient (Wildman–Crippen LogP) is 14.5. The molecule has 1 aliphatic carbocycles. The van der Waals surface area contributed by atoms with Gasteiger partial charge in [-0.3, -0.25) is 0 Å². The highest BCUT2D eigenvalue weighted by molar-refractivity contribution is 7.99. The summed E-state index contributed by atoms with van der Waals surface area (Å²) >= 11 is 1.90. The van der Waals surface area contributed by atoms with Crippen LogP contribution in [0.5, 0.6) is 0 Å². The molecule has 1 unspecified atom stereocenters. The number of anilines is 3. The molecule has 9 aromatic rings. The Bertz CT molecular complexity index is 2900. The van der Waals surface area contributed by atoms with Crippen molar-refractivity contribution in [2.75, 3.05) is 4.90 Å². The van der Waals surface area contributed by atoms with Crippen LogP contribution < -0.4 is 4.90 Å². The molecule has 0 radical (unpaired) electrons. The van der Waals surface area contributed by atoms with Crippen LogP contribution in [0.1, 0.15) is 22.3 Å². The summed E-state index contributed by atoms with van der Waals surface area (Å²) in [6.07, 6.45) is 0. The summed E-state index contributed by atoms with van der Waals surface area (Å²) in [6.45, 7) is 0. The number of rotatable bonds is 5. The van der Waals surface area contributed by atoms with Crippen LogP contribution >= 0.6 is 11.8 Å². The Kier molecular flexibility index (Phi) is 7.40. The van der Waals surface area contributed by atoms with Gasteiger partial charge < -0.3 is 4.90 Å². The quantitative estimate of drug-likeness (QED) is 0.174. The van der Waals surface area contributed by atoms with Crippen LogP contribution in [-0.2, 0) is 5.41 Å². The van der Waals surface area contributed by atoms with Crippen LogP contribution in [0, 0.1) is 0 Å². The van der Waals surface area contributed by atoms with Crippen LogP contribution in [0.3, 0.4) is 0 Å². The average Bonchev–Trinajstić information content (AvgIpc) is 3.54. The highest BCUT2D eigenvalue weighted by atomic mass is 32.2. The molecule has 0 saturated heterocycles. The van der Waals surface area contributed by atoms with Gasteiger partial charge in [0.25, 0.3) is 0 Å². The maximum atomic E-state index is 2.50. The first-order chi connectivity index (χ1) is 27.3. The third kappa shape index (κ3) is 4.88. The van der Waals surface area contributed by atoms with Gasteiger partial charge in [-0.15, -0.1) is 0 Å². The molecule has 55 heavy (non-hydrogen) atoms. The van der Waals surface area contributed by atoms with Crippen molar-refractivity contribution >= 4 is 39.6 Å². The van der Waals surface area contributed by atoms with E-state index in [4.69, 9.17) is 0 Å². The van der Waals surface area contributed by atoms with E-state index in [1.54, 1.807) is 0 Å². The molecule has 258 valence electrons.